The van der Waals surface area contributed by atoms with Crippen molar-refractivity contribution in [2.45, 2.75) is 76.7 Å². The second-order valence-corrected chi connectivity index (χ2v) is 11.5. The molecule has 41 heavy (non-hydrogen) atoms. The molecule has 1 saturated heterocycles. The molecule has 1 fully saturated rings. The summed E-state index contributed by atoms with van der Waals surface area (Å²) in [6, 6.07) is 11.0. The van der Waals surface area contributed by atoms with E-state index in [1.165, 1.54) is 25.7 Å². The van der Waals surface area contributed by atoms with Crippen LogP contribution in [-0.4, -0.2) is 54.8 Å². The molecule has 0 bridgehead atoms. The number of imide groups is 2. The third-order valence-corrected chi connectivity index (χ3v) is 8.32. The number of hydrogen-bond acceptors (Lipinski definition) is 6. The summed E-state index contributed by atoms with van der Waals surface area (Å²) in [5, 5.41) is 9.12. The van der Waals surface area contributed by atoms with Gasteiger partial charge in [0.15, 0.2) is 0 Å². The molecule has 3 aliphatic heterocycles. The molecule has 5 rings (SSSR count). The Morgan fingerprint density at radius 1 is 0.683 bits per heavy atom. The minimum absolute atomic E-state index is 0.244. The molecule has 1 unspecified atom stereocenters. The monoisotopic (exact) mass is 625 g/mol. The Bertz CT molecular complexity index is 1240. The molecular weight excluding hydrogens is 586 g/mol. The Morgan fingerprint density at radius 3 is 1.73 bits per heavy atom. The summed E-state index contributed by atoms with van der Waals surface area (Å²) >= 11 is 3.41. The number of rotatable bonds is 13. The lowest BCUT2D eigenvalue weighted by atomic mass is 9.97. The second-order valence-electron chi connectivity index (χ2n) is 10.7. The molecule has 0 spiro atoms. The van der Waals surface area contributed by atoms with E-state index in [2.05, 4.69) is 31.9 Å². The van der Waals surface area contributed by atoms with Crippen molar-refractivity contribution in [2.75, 3.05) is 25.0 Å². The molecule has 0 radical (unpaired) electrons. The lowest BCUT2D eigenvalue weighted by molar-refractivity contribution is 0.0220. The Kier molecular flexibility index (Phi) is 12.1. The van der Waals surface area contributed by atoms with Crippen molar-refractivity contribution < 1.29 is 23.9 Å². The molecule has 0 saturated carbocycles. The van der Waals surface area contributed by atoms with Crippen LogP contribution in [0, 0.1) is 0 Å². The predicted molar refractivity (Wildman–Crippen MR) is 162 cm³/mol. The van der Waals surface area contributed by atoms with Gasteiger partial charge in [-0.1, -0.05) is 72.3 Å². The van der Waals surface area contributed by atoms with Gasteiger partial charge < -0.3 is 10.1 Å². The van der Waals surface area contributed by atoms with E-state index >= 15 is 0 Å². The number of fused-ring (bicyclic) bond motifs is 2. The highest BCUT2D eigenvalue weighted by Gasteiger charge is 2.29. The van der Waals surface area contributed by atoms with E-state index in [4.69, 9.17) is 4.74 Å². The van der Waals surface area contributed by atoms with E-state index < -0.39 is 0 Å². The standard InChI is InChI=1S/C18H24N2O3.C14H16BrNO2/c21-17-15-9-5-7-13(16(15)18(22)20-17)6-3-1-2-4-8-14-12-19-10-11-23-14;15-9-4-2-1-3-6-10-7-5-8-11-12(10)14(18)16-13(11)17/h5,7,9,14,19H,1-4,6,8,10-12H2,(H,20,21,22);5,7-8H,1-4,6,9H2,(H,16,17,18). The lowest BCUT2D eigenvalue weighted by Crippen LogP contribution is -2.38. The summed E-state index contributed by atoms with van der Waals surface area (Å²) in [6.45, 7) is 2.76. The number of unbranched alkanes of at least 4 members (excludes halogenated alkanes) is 6. The maximum absolute atomic E-state index is 11.9. The van der Waals surface area contributed by atoms with E-state index in [1.807, 2.05) is 24.3 Å². The molecule has 2 aromatic rings. The average Bonchev–Trinajstić information content (AvgIpc) is 3.45. The van der Waals surface area contributed by atoms with E-state index in [1.54, 1.807) is 12.1 Å². The lowest BCUT2D eigenvalue weighted by Gasteiger charge is -2.23. The van der Waals surface area contributed by atoms with Crippen molar-refractivity contribution in [3.63, 3.8) is 0 Å². The first kappa shape index (κ1) is 31.1. The fraction of sp³-hybridized carbons (Fsp3) is 0.500. The van der Waals surface area contributed by atoms with Crippen LogP contribution < -0.4 is 16.0 Å². The zero-order valence-electron chi connectivity index (χ0n) is 23.6. The number of carbonyl (C=O) groups is 4. The molecule has 3 heterocycles. The number of hydrogen-bond donors (Lipinski definition) is 3. The fourth-order valence-corrected chi connectivity index (χ4v) is 6.00. The number of nitrogens with one attached hydrogen (secondary N) is 3. The van der Waals surface area contributed by atoms with Gasteiger partial charge in [0.1, 0.15) is 0 Å². The van der Waals surface area contributed by atoms with Crippen molar-refractivity contribution >= 4 is 39.6 Å². The normalized spacial score (nSPS) is 17.4. The minimum Gasteiger partial charge on any atom is -0.376 e. The highest BCUT2D eigenvalue weighted by Crippen LogP contribution is 2.23. The van der Waals surface area contributed by atoms with Crippen molar-refractivity contribution in [3.8, 4) is 0 Å². The Balaban J connectivity index is 0.000000195. The van der Waals surface area contributed by atoms with Gasteiger partial charge in [0.05, 0.1) is 35.0 Å². The number of amides is 4. The molecule has 4 amide bonds. The number of carbonyl (C=O) groups excluding carboxylic acids is 4. The number of benzene rings is 2. The maximum atomic E-state index is 11.9. The molecule has 3 aliphatic rings. The van der Waals surface area contributed by atoms with Crippen LogP contribution in [0.3, 0.4) is 0 Å². The van der Waals surface area contributed by atoms with Gasteiger partial charge >= 0.3 is 0 Å². The Hall–Kier alpha value is -2.88. The van der Waals surface area contributed by atoms with Crippen LogP contribution in [0.5, 0.6) is 0 Å². The molecule has 3 N–H and O–H groups in total. The second kappa shape index (κ2) is 15.9. The third-order valence-electron chi connectivity index (χ3n) is 7.76. The van der Waals surface area contributed by atoms with E-state index in [-0.39, 0.29) is 23.6 Å². The van der Waals surface area contributed by atoms with Crippen LogP contribution in [0.25, 0.3) is 0 Å². The Labute approximate surface area is 250 Å². The number of halogens is 1. The average molecular weight is 627 g/mol. The highest BCUT2D eigenvalue weighted by molar-refractivity contribution is 9.09. The van der Waals surface area contributed by atoms with E-state index in [0.29, 0.717) is 28.4 Å². The largest absolute Gasteiger partial charge is 0.376 e. The molecule has 9 heteroatoms. The minimum atomic E-state index is -0.270. The summed E-state index contributed by atoms with van der Waals surface area (Å²) in [6.07, 6.45) is 12.4. The quantitative estimate of drug-likeness (QED) is 0.162. The van der Waals surface area contributed by atoms with E-state index in [9.17, 15) is 19.2 Å². The molecule has 0 aromatic heterocycles. The first-order chi connectivity index (χ1) is 20.0. The Morgan fingerprint density at radius 2 is 1.22 bits per heavy atom. The van der Waals surface area contributed by atoms with Gasteiger partial charge in [0, 0.05) is 18.4 Å². The van der Waals surface area contributed by atoms with Crippen LogP contribution in [0.15, 0.2) is 36.4 Å². The molecule has 1 atom stereocenters. The number of alkyl halides is 1. The molecule has 220 valence electrons. The number of morpholine rings is 1. The van der Waals surface area contributed by atoms with Gasteiger partial charge in [-0.05, 0) is 61.8 Å². The van der Waals surface area contributed by atoms with Crippen molar-refractivity contribution in [1.29, 1.82) is 0 Å². The summed E-state index contributed by atoms with van der Waals surface area (Å²) in [7, 11) is 0. The van der Waals surface area contributed by atoms with Crippen molar-refractivity contribution in [2.24, 2.45) is 0 Å². The van der Waals surface area contributed by atoms with Crippen molar-refractivity contribution in [1.82, 2.24) is 16.0 Å². The molecule has 0 aliphatic carbocycles. The zero-order chi connectivity index (χ0) is 29.0. The van der Waals surface area contributed by atoms with Crippen LogP contribution in [0.1, 0.15) is 110 Å². The molecular formula is C32H40BrN3O5. The van der Waals surface area contributed by atoms with Gasteiger partial charge in [-0.15, -0.1) is 0 Å². The van der Waals surface area contributed by atoms with Crippen molar-refractivity contribution in [3.05, 3.63) is 69.8 Å². The number of aryl methyl sites for hydroxylation is 2. The van der Waals surface area contributed by atoms with Crippen LogP contribution in [-0.2, 0) is 17.6 Å². The van der Waals surface area contributed by atoms with E-state index in [0.717, 1.165) is 81.1 Å². The first-order valence-electron chi connectivity index (χ1n) is 14.8. The van der Waals surface area contributed by atoms with Gasteiger partial charge in [0.2, 0.25) is 0 Å². The number of ether oxygens (including phenoxy) is 1. The third kappa shape index (κ3) is 8.56. The summed E-state index contributed by atoms with van der Waals surface area (Å²) in [4.78, 5) is 46.7. The van der Waals surface area contributed by atoms with Crippen LogP contribution in [0.2, 0.25) is 0 Å². The maximum Gasteiger partial charge on any atom is 0.259 e. The van der Waals surface area contributed by atoms with Gasteiger partial charge in [-0.25, -0.2) is 0 Å². The zero-order valence-corrected chi connectivity index (χ0v) is 25.2. The molecule has 2 aromatic carbocycles. The fourth-order valence-electron chi connectivity index (χ4n) is 5.61. The first-order valence-corrected chi connectivity index (χ1v) is 15.9. The summed E-state index contributed by atoms with van der Waals surface area (Å²) in [5.74, 6) is -1.03. The van der Waals surface area contributed by atoms with Gasteiger partial charge in [-0.3, -0.25) is 29.8 Å². The van der Waals surface area contributed by atoms with Gasteiger partial charge in [-0.2, -0.15) is 0 Å². The summed E-state index contributed by atoms with van der Waals surface area (Å²) < 4.78 is 5.69. The summed E-state index contributed by atoms with van der Waals surface area (Å²) in [5.41, 5.74) is 4.20. The van der Waals surface area contributed by atoms with Crippen LogP contribution >= 0.6 is 15.9 Å². The topological polar surface area (TPSA) is 114 Å². The highest BCUT2D eigenvalue weighted by atomic mass is 79.9. The van der Waals surface area contributed by atoms with Gasteiger partial charge in [0.25, 0.3) is 23.6 Å². The smallest absolute Gasteiger partial charge is 0.259 e. The van der Waals surface area contributed by atoms with Crippen LogP contribution in [0.4, 0.5) is 0 Å². The predicted octanol–water partition coefficient (Wildman–Crippen LogP) is 5.12. The molecule has 8 nitrogen and oxygen atoms in total. The SMILES string of the molecule is O=C1NC(=O)c2c(CCCCCCBr)cccc21.O=C1NC(=O)c2c(CCCCCCC3CNCCO3)cccc21.